The van der Waals surface area contributed by atoms with Gasteiger partial charge in [0, 0.05) is 18.1 Å². The van der Waals surface area contributed by atoms with Crippen LogP contribution >= 0.6 is 0 Å². The van der Waals surface area contributed by atoms with Crippen LogP contribution in [-0.2, 0) is 10.3 Å². The highest BCUT2D eigenvalue weighted by atomic mass is 19.1. The molecule has 3 atom stereocenters. The highest BCUT2D eigenvalue weighted by Gasteiger charge is 2.43. The summed E-state index contributed by atoms with van der Waals surface area (Å²) in [5.41, 5.74) is 5.77. The molecule has 0 bridgehead atoms. The van der Waals surface area contributed by atoms with Crippen LogP contribution in [0.4, 0.5) is 4.39 Å². The van der Waals surface area contributed by atoms with Gasteiger partial charge in [-0.05, 0) is 31.5 Å². The quantitative estimate of drug-likeness (QED) is 0.843. The molecule has 0 aromatic heterocycles. The van der Waals surface area contributed by atoms with Gasteiger partial charge < -0.3 is 15.6 Å². The molecule has 0 spiro atoms. The van der Waals surface area contributed by atoms with E-state index in [-0.39, 0.29) is 30.8 Å². The van der Waals surface area contributed by atoms with Gasteiger partial charge in [-0.25, -0.2) is 4.39 Å². The summed E-state index contributed by atoms with van der Waals surface area (Å²) in [7, 11) is 0. The van der Waals surface area contributed by atoms with Gasteiger partial charge >= 0.3 is 0 Å². The minimum Gasteiger partial charge on any atom is -0.396 e. The molecular weight excluding hydrogens is 247 g/mol. The molecule has 5 heteroatoms. The first-order valence-corrected chi connectivity index (χ1v) is 6.22. The molecule has 1 fully saturated rings. The summed E-state index contributed by atoms with van der Waals surface area (Å²) < 4.78 is 19.5. The van der Waals surface area contributed by atoms with Crippen molar-refractivity contribution in [2.24, 2.45) is 11.7 Å². The normalized spacial score (nSPS) is 30.9. The topological polar surface area (TPSA) is 79.3 Å². The number of nitrogens with two attached hydrogens (primary N) is 1. The van der Waals surface area contributed by atoms with Gasteiger partial charge in [0.2, 0.25) is 0 Å². The zero-order chi connectivity index (χ0) is 14.0. The lowest BCUT2D eigenvalue weighted by atomic mass is 9.75. The molecule has 4 nitrogen and oxygen atoms in total. The Hall–Kier alpha value is -1.48. The van der Waals surface area contributed by atoms with Crippen LogP contribution < -0.4 is 5.73 Å². The molecule has 19 heavy (non-hydrogen) atoms. The number of halogens is 1. The van der Waals surface area contributed by atoms with Crippen molar-refractivity contribution in [3.63, 3.8) is 0 Å². The summed E-state index contributed by atoms with van der Waals surface area (Å²) in [6.07, 6.45) is 0.541. The molecule has 1 heterocycles. The number of nitriles is 1. The number of rotatable bonds is 2. The van der Waals surface area contributed by atoms with Gasteiger partial charge in [-0.15, -0.1) is 0 Å². The average Bonchev–Trinajstić information content (AvgIpc) is 2.42. The van der Waals surface area contributed by atoms with Crippen LogP contribution in [0.25, 0.3) is 0 Å². The molecular formula is C14H17FN2O2. The Morgan fingerprint density at radius 3 is 3.00 bits per heavy atom. The number of nitrogens with zero attached hydrogens (tertiary/aromatic N) is 1. The van der Waals surface area contributed by atoms with Gasteiger partial charge in [-0.2, -0.15) is 5.26 Å². The third-order valence-electron chi connectivity index (χ3n) is 3.77. The molecule has 1 aliphatic heterocycles. The van der Waals surface area contributed by atoms with Crippen LogP contribution in [0.2, 0.25) is 0 Å². The van der Waals surface area contributed by atoms with Crippen molar-refractivity contribution in [2.45, 2.75) is 25.0 Å². The molecule has 0 radical (unpaired) electrons. The van der Waals surface area contributed by atoms with Gasteiger partial charge in [0.25, 0.3) is 0 Å². The highest BCUT2D eigenvalue weighted by molar-refractivity contribution is 5.38. The van der Waals surface area contributed by atoms with Gasteiger partial charge in [-0.3, -0.25) is 0 Å². The van der Waals surface area contributed by atoms with E-state index in [1.54, 1.807) is 0 Å². The summed E-state index contributed by atoms with van der Waals surface area (Å²) in [6, 6.07) is 6.05. The number of aliphatic hydroxyl groups excluding tert-OH is 1. The van der Waals surface area contributed by atoms with Crippen LogP contribution in [0.5, 0.6) is 0 Å². The summed E-state index contributed by atoms with van der Waals surface area (Å²) in [4.78, 5) is 0. The second-order valence-corrected chi connectivity index (χ2v) is 5.08. The van der Waals surface area contributed by atoms with E-state index in [1.807, 2.05) is 13.0 Å². The zero-order valence-corrected chi connectivity index (χ0v) is 10.8. The van der Waals surface area contributed by atoms with Gasteiger partial charge in [-0.1, -0.05) is 0 Å². The maximum Gasteiger partial charge on any atom is 0.128 e. The monoisotopic (exact) mass is 264 g/mol. The van der Waals surface area contributed by atoms with Crippen LogP contribution in [0.3, 0.4) is 0 Å². The number of aliphatic hydroxyl groups is 1. The van der Waals surface area contributed by atoms with E-state index in [9.17, 15) is 9.50 Å². The molecule has 0 amide bonds. The summed E-state index contributed by atoms with van der Waals surface area (Å²) in [6.45, 7) is 1.88. The Bertz CT molecular complexity index is 515. The fourth-order valence-electron chi connectivity index (χ4n) is 2.56. The summed E-state index contributed by atoms with van der Waals surface area (Å²) in [5.74, 6) is -0.766. The van der Waals surface area contributed by atoms with Gasteiger partial charge in [0.1, 0.15) is 5.82 Å². The lowest BCUT2D eigenvalue weighted by molar-refractivity contribution is -0.0680. The van der Waals surface area contributed by atoms with Gasteiger partial charge in [0.05, 0.1) is 29.9 Å². The van der Waals surface area contributed by atoms with Crippen molar-refractivity contribution in [3.8, 4) is 6.07 Å². The molecule has 1 aliphatic rings. The lowest BCUT2D eigenvalue weighted by Crippen LogP contribution is -2.54. The minimum absolute atomic E-state index is 0.0176. The van der Waals surface area contributed by atoms with E-state index < -0.39 is 11.4 Å². The molecule has 2 rings (SSSR count). The Morgan fingerprint density at radius 2 is 2.37 bits per heavy atom. The zero-order valence-electron chi connectivity index (χ0n) is 10.8. The van der Waals surface area contributed by atoms with E-state index in [0.29, 0.717) is 12.0 Å². The number of ether oxygens (including phenoxy) is 1. The smallest absolute Gasteiger partial charge is 0.128 e. The van der Waals surface area contributed by atoms with E-state index in [0.717, 1.165) is 0 Å². The first kappa shape index (κ1) is 13.9. The van der Waals surface area contributed by atoms with Gasteiger partial charge in [0.15, 0.2) is 0 Å². The average molecular weight is 264 g/mol. The SMILES string of the molecule is C[C@H]1C[C@@H](CO)[C@](N)(c2cc(C#N)ccc2F)CO1. The van der Waals surface area contributed by atoms with E-state index in [1.165, 1.54) is 18.2 Å². The Morgan fingerprint density at radius 1 is 1.63 bits per heavy atom. The molecule has 102 valence electrons. The van der Waals surface area contributed by atoms with Crippen molar-refractivity contribution in [1.29, 1.82) is 5.26 Å². The van der Waals surface area contributed by atoms with Crippen LogP contribution in [0, 0.1) is 23.1 Å². The minimum atomic E-state index is -1.10. The molecule has 0 unspecified atom stereocenters. The fraction of sp³-hybridized carbons (Fsp3) is 0.500. The van der Waals surface area contributed by atoms with Crippen molar-refractivity contribution >= 4 is 0 Å². The maximum absolute atomic E-state index is 14.0. The largest absolute Gasteiger partial charge is 0.396 e. The van der Waals surface area contributed by atoms with E-state index in [2.05, 4.69) is 0 Å². The summed E-state index contributed by atoms with van der Waals surface area (Å²) >= 11 is 0. The lowest BCUT2D eigenvalue weighted by Gasteiger charge is -2.43. The number of benzene rings is 1. The van der Waals surface area contributed by atoms with Crippen LogP contribution in [0.15, 0.2) is 18.2 Å². The Labute approximate surface area is 111 Å². The molecule has 3 N–H and O–H groups in total. The van der Waals surface area contributed by atoms with Crippen molar-refractivity contribution in [1.82, 2.24) is 0 Å². The molecule has 0 aliphatic carbocycles. The Balaban J connectivity index is 2.46. The van der Waals surface area contributed by atoms with Crippen LogP contribution in [-0.4, -0.2) is 24.4 Å². The second-order valence-electron chi connectivity index (χ2n) is 5.08. The van der Waals surface area contributed by atoms with E-state index >= 15 is 0 Å². The van der Waals surface area contributed by atoms with E-state index in [4.69, 9.17) is 15.7 Å². The standard InChI is InChI=1S/C14H17FN2O2/c1-9-4-11(7-18)14(17,8-19-9)12-5-10(6-16)2-3-13(12)15/h2-3,5,9,11,18H,4,7-8,17H2,1H3/t9-,11-,14-/m0/s1. The third kappa shape index (κ3) is 2.47. The first-order chi connectivity index (χ1) is 9.01. The molecule has 1 aromatic carbocycles. The molecule has 1 saturated heterocycles. The van der Waals surface area contributed by atoms with Crippen molar-refractivity contribution < 1.29 is 14.2 Å². The number of hydrogen-bond acceptors (Lipinski definition) is 4. The Kier molecular flexibility index (Phi) is 3.85. The van der Waals surface area contributed by atoms with Crippen LogP contribution in [0.1, 0.15) is 24.5 Å². The maximum atomic E-state index is 14.0. The molecule has 0 saturated carbocycles. The number of hydrogen-bond donors (Lipinski definition) is 2. The predicted octanol–water partition coefficient (Wildman–Crippen LogP) is 1.27. The third-order valence-corrected chi connectivity index (χ3v) is 3.77. The fourth-order valence-corrected chi connectivity index (χ4v) is 2.56. The highest BCUT2D eigenvalue weighted by Crippen LogP contribution is 2.37. The predicted molar refractivity (Wildman–Crippen MR) is 67.6 cm³/mol. The first-order valence-electron chi connectivity index (χ1n) is 6.22. The summed E-state index contributed by atoms with van der Waals surface area (Å²) in [5, 5.41) is 18.4. The van der Waals surface area contributed by atoms with Crippen molar-refractivity contribution in [2.75, 3.05) is 13.2 Å². The second kappa shape index (κ2) is 5.25. The molecule has 1 aromatic rings. The van der Waals surface area contributed by atoms with Crippen molar-refractivity contribution in [3.05, 3.63) is 35.1 Å².